The van der Waals surface area contributed by atoms with Crippen LogP contribution in [-0.4, -0.2) is 0 Å². The quantitative estimate of drug-likeness (QED) is 0.121. The van der Waals surface area contributed by atoms with Gasteiger partial charge in [0.15, 0.2) is 0 Å². The average molecular weight is 1640 g/mol. The lowest BCUT2D eigenvalue weighted by molar-refractivity contribution is 0.617. The number of rotatable bonds is 11. The van der Waals surface area contributed by atoms with Crippen molar-refractivity contribution in [2.45, 2.75) is 0 Å². The van der Waals surface area contributed by atoms with E-state index in [1.165, 1.54) is 164 Å². The highest BCUT2D eigenvalue weighted by Gasteiger charge is 2.27. The molecule has 0 N–H and O–H groups in total. The van der Waals surface area contributed by atoms with Gasteiger partial charge in [-0.25, -0.2) is 0 Å². The van der Waals surface area contributed by atoms with Crippen LogP contribution in [0.1, 0.15) is 0 Å². The number of hydrogen-bond donors (Lipinski definition) is 0. The lowest BCUT2D eigenvalue weighted by atomic mass is 9.84. The molecule has 26 rings (SSSR count). The molecule has 0 aliphatic rings. The zero-order valence-corrected chi connectivity index (χ0v) is 70.4. The van der Waals surface area contributed by atoms with Gasteiger partial charge in [-0.2, -0.15) is 0 Å². The summed E-state index contributed by atoms with van der Waals surface area (Å²) in [6.45, 7) is 0. The molecule has 3 aromatic heterocycles. The van der Waals surface area contributed by atoms with Crippen molar-refractivity contribution in [2.24, 2.45) is 0 Å². The van der Waals surface area contributed by atoms with Gasteiger partial charge in [-0.05, 0) is 229 Å². The van der Waals surface area contributed by atoms with Crippen LogP contribution in [0.15, 0.2) is 499 Å². The third-order valence-corrected chi connectivity index (χ3v) is 26.0. The number of fused-ring (bicyclic) bond motifs is 12. The molecule has 0 atom stereocenters. The molecule has 0 amide bonds. The molecule has 23 aromatic carbocycles. The van der Waals surface area contributed by atoms with Crippen LogP contribution >= 0.6 is 0 Å². The van der Waals surface area contributed by atoms with Crippen molar-refractivity contribution in [1.29, 1.82) is 0 Å². The Morgan fingerprint density at radius 1 is 0.132 bits per heavy atom. The van der Waals surface area contributed by atoms with Gasteiger partial charge < -0.3 is 13.3 Å². The highest BCUT2D eigenvalue weighted by Crippen LogP contribution is 2.53. The average Bonchev–Trinajstić information content (AvgIpc) is 1.71. The minimum Gasteiger partial charge on any atom is -0.464 e. The third kappa shape index (κ3) is 13.4. The van der Waals surface area contributed by atoms with E-state index in [2.05, 4.69) is 467 Å². The summed E-state index contributed by atoms with van der Waals surface area (Å²) in [5.41, 5.74) is 26.4. The molecule has 3 heterocycles. The van der Waals surface area contributed by atoms with E-state index in [4.69, 9.17) is 13.3 Å². The predicted molar refractivity (Wildman–Crippen MR) is 546 cm³/mol. The predicted octanol–water partition coefficient (Wildman–Crippen LogP) is 36.0. The number of benzene rings is 23. The Bertz CT molecular complexity index is 8670. The molecule has 0 bridgehead atoms. The summed E-state index contributed by atoms with van der Waals surface area (Å²) in [7, 11) is 0. The Morgan fingerprint density at radius 3 is 0.791 bits per heavy atom. The maximum atomic E-state index is 6.76. The molecule has 26 aromatic rings. The van der Waals surface area contributed by atoms with Gasteiger partial charge in [-0.3, -0.25) is 0 Å². The Balaban J connectivity index is 0.000000108. The molecule has 0 aliphatic carbocycles. The van der Waals surface area contributed by atoms with Crippen molar-refractivity contribution >= 4 is 130 Å². The molecule has 3 heteroatoms. The van der Waals surface area contributed by atoms with E-state index in [0.717, 1.165) is 88.9 Å². The molecular formula is C126H80O3. The maximum absolute atomic E-state index is 6.76. The van der Waals surface area contributed by atoms with Crippen LogP contribution in [0.5, 0.6) is 0 Å². The van der Waals surface area contributed by atoms with E-state index >= 15 is 0 Å². The summed E-state index contributed by atoms with van der Waals surface area (Å²) >= 11 is 0. The van der Waals surface area contributed by atoms with Crippen LogP contribution in [-0.2, 0) is 0 Å². The molecule has 0 spiro atoms. The highest BCUT2D eigenvalue weighted by atomic mass is 16.3. The summed E-state index contributed by atoms with van der Waals surface area (Å²) < 4.78 is 19.4. The van der Waals surface area contributed by atoms with E-state index in [0.29, 0.717) is 0 Å². The van der Waals surface area contributed by atoms with Crippen molar-refractivity contribution in [3.63, 3.8) is 0 Å². The van der Waals surface area contributed by atoms with Gasteiger partial charge >= 0.3 is 0 Å². The second-order valence-electron chi connectivity index (χ2n) is 33.4. The molecule has 0 unspecified atom stereocenters. The summed E-state index contributed by atoms with van der Waals surface area (Å²) in [6.07, 6.45) is 1.88. The molecule has 129 heavy (non-hydrogen) atoms. The van der Waals surface area contributed by atoms with Crippen LogP contribution < -0.4 is 0 Å². The van der Waals surface area contributed by atoms with Crippen molar-refractivity contribution in [3.8, 4) is 123 Å². The Kier molecular flexibility index (Phi) is 19.0. The Morgan fingerprint density at radius 2 is 0.411 bits per heavy atom. The van der Waals surface area contributed by atoms with Crippen LogP contribution in [0, 0.1) is 0 Å². The minimum absolute atomic E-state index is 0.886. The lowest BCUT2D eigenvalue weighted by Gasteiger charge is -2.19. The fourth-order valence-corrected chi connectivity index (χ4v) is 20.3. The van der Waals surface area contributed by atoms with Gasteiger partial charge in [0.25, 0.3) is 0 Å². The summed E-state index contributed by atoms with van der Waals surface area (Å²) in [4.78, 5) is 0. The fourth-order valence-electron chi connectivity index (χ4n) is 20.3. The van der Waals surface area contributed by atoms with Gasteiger partial charge in [-0.15, -0.1) is 0 Å². The number of furan rings is 3. The summed E-state index contributed by atoms with van der Waals surface area (Å²) in [5, 5.41) is 25.9. The van der Waals surface area contributed by atoms with Crippen molar-refractivity contribution in [3.05, 3.63) is 486 Å². The largest absolute Gasteiger partial charge is 0.464 e. The van der Waals surface area contributed by atoms with Gasteiger partial charge in [-0.1, -0.05) is 431 Å². The van der Waals surface area contributed by atoms with Crippen LogP contribution in [0.25, 0.3) is 253 Å². The molecule has 3 nitrogen and oxygen atoms in total. The first-order valence-electron chi connectivity index (χ1n) is 44.2. The standard InChI is InChI=1S/2C44H28O.C38H24O/c1-3-15-30(16-4-1)41-43-38(24-13-25-39(43)45-44(41)31-17-5-2-6-18-31)42-36-22-11-9-20-34(36)40(35-21-10-12-23-37(35)42)33-27-26-29-14-7-8-19-32(29)28-33;1-3-14-30(15-4-1)43-39-28-34(25-26-40(39)45-44(43)31-16-5-2-6-17-31)42-37-21-11-9-19-35(37)41(36-20-10-12-22-38(36)42)33-24-23-29-13-7-8-18-32(29)27-33;1-2-11-26(12-3-1)35-24-39-36-21-20-29(23-34(35)36)38-32-16-8-6-14-30(32)37(31-15-7-9-17-33(31)38)28-19-18-25-10-4-5-13-27(25)22-28/h2*1-28H;1-24H. The van der Waals surface area contributed by atoms with E-state index in [9.17, 15) is 0 Å². The highest BCUT2D eigenvalue weighted by molar-refractivity contribution is 6.27. The first-order chi connectivity index (χ1) is 64.0. The zero-order chi connectivity index (χ0) is 85.2. The van der Waals surface area contributed by atoms with Gasteiger partial charge in [0, 0.05) is 44.0 Å². The van der Waals surface area contributed by atoms with Gasteiger partial charge in [0.05, 0.1) is 6.26 Å². The van der Waals surface area contributed by atoms with E-state index in [1.807, 2.05) is 18.4 Å². The fraction of sp³-hybridized carbons (Fsp3) is 0. The molecule has 0 aliphatic heterocycles. The van der Waals surface area contributed by atoms with E-state index in [-0.39, 0.29) is 0 Å². The van der Waals surface area contributed by atoms with Crippen molar-refractivity contribution in [1.82, 2.24) is 0 Å². The number of hydrogen-bond acceptors (Lipinski definition) is 3. The monoisotopic (exact) mass is 1640 g/mol. The smallest absolute Gasteiger partial charge is 0.143 e. The third-order valence-electron chi connectivity index (χ3n) is 26.0. The molecule has 0 fully saturated rings. The van der Waals surface area contributed by atoms with Crippen LogP contribution in [0.2, 0.25) is 0 Å². The topological polar surface area (TPSA) is 39.4 Å². The molecule has 0 radical (unpaired) electrons. The van der Waals surface area contributed by atoms with E-state index in [1.54, 1.807) is 0 Å². The molecular weight excluding hydrogens is 1560 g/mol. The summed E-state index contributed by atoms with van der Waals surface area (Å²) in [6, 6.07) is 172. The zero-order valence-electron chi connectivity index (χ0n) is 70.4. The first kappa shape index (κ1) is 75.7. The second kappa shape index (κ2) is 32.3. The van der Waals surface area contributed by atoms with Crippen molar-refractivity contribution in [2.75, 3.05) is 0 Å². The maximum Gasteiger partial charge on any atom is 0.143 e. The SMILES string of the molecule is c1ccc(-c2coc3ccc(-c4c5ccccc5c(-c5ccc6ccccc6c5)c5ccccc45)cc23)cc1.c1ccc(-c2oc3ccc(-c4c5ccccc5c(-c5ccc6ccccc6c5)c5ccccc45)cc3c2-c2ccccc2)cc1.c1ccc(-c2oc3cccc(-c4c5ccccc5c(-c5ccc6ccccc6c5)c5ccccc45)c3c2-c2ccccc2)cc1. The lowest BCUT2D eigenvalue weighted by Crippen LogP contribution is -1.92. The normalized spacial score (nSPS) is 11.6. The van der Waals surface area contributed by atoms with Crippen LogP contribution in [0.3, 0.4) is 0 Å². The molecule has 0 saturated heterocycles. The molecule has 602 valence electrons. The second-order valence-corrected chi connectivity index (χ2v) is 33.4. The van der Waals surface area contributed by atoms with Gasteiger partial charge in [0.2, 0.25) is 0 Å². The minimum atomic E-state index is 0.886. The Labute approximate surface area is 746 Å². The van der Waals surface area contributed by atoms with Crippen molar-refractivity contribution < 1.29 is 13.3 Å². The Hall–Kier alpha value is -17.0. The van der Waals surface area contributed by atoms with E-state index < -0.39 is 0 Å². The van der Waals surface area contributed by atoms with Crippen LogP contribution in [0.4, 0.5) is 0 Å². The van der Waals surface area contributed by atoms with Gasteiger partial charge in [0.1, 0.15) is 28.3 Å². The first-order valence-corrected chi connectivity index (χ1v) is 44.2. The molecule has 0 saturated carbocycles. The summed E-state index contributed by atoms with van der Waals surface area (Å²) in [5.74, 6) is 1.79.